The van der Waals surface area contributed by atoms with E-state index in [0.29, 0.717) is 5.69 Å². The normalized spacial score (nSPS) is 18.9. The van der Waals surface area contributed by atoms with Crippen LogP contribution in [0.15, 0.2) is 18.2 Å². The van der Waals surface area contributed by atoms with Gasteiger partial charge in [0.15, 0.2) is 0 Å². The highest BCUT2D eigenvalue weighted by Gasteiger charge is 2.36. The lowest BCUT2D eigenvalue weighted by atomic mass is 10.1. The Bertz CT molecular complexity index is 544. The van der Waals surface area contributed by atoms with Crippen LogP contribution in [0.3, 0.4) is 0 Å². The van der Waals surface area contributed by atoms with Crippen molar-refractivity contribution >= 4 is 17.8 Å². The highest BCUT2D eigenvalue weighted by molar-refractivity contribution is 5.98. The zero-order valence-corrected chi connectivity index (χ0v) is 10.3. The van der Waals surface area contributed by atoms with Crippen molar-refractivity contribution in [2.24, 2.45) is 0 Å². The van der Waals surface area contributed by atoms with Crippen LogP contribution in [0, 0.1) is 6.92 Å². The van der Waals surface area contributed by atoms with Crippen molar-refractivity contribution in [2.75, 3.05) is 13.1 Å². The van der Waals surface area contributed by atoms with Crippen LogP contribution in [0.25, 0.3) is 0 Å². The Morgan fingerprint density at radius 2 is 2.21 bits per heavy atom. The first kappa shape index (κ1) is 13.0. The molecule has 0 aromatic carbocycles. The van der Waals surface area contributed by atoms with Crippen molar-refractivity contribution < 1.29 is 19.5 Å². The smallest absolute Gasteiger partial charge is 0.328 e. The summed E-state index contributed by atoms with van der Waals surface area (Å²) < 4.78 is 0. The van der Waals surface area contributed by atoms with Gasteiger partial charge in [0.1, 0.15) is 18.3 Å². The Balaban J connectivity index is 2.28. The van der Waals surface area contributed by atoms with E-state index in [0.717, 1.165) is 4.90 Å². The fourth-order valence-electron chi connectivity index (χ4n) is 1.88. The molecule has 7 heteroatoms. The lowest BCUT2D eigenvalue weighted by molar-refractivity contribution is -0.144. The topological polar surface area (TPSA) is 99.6 Å². The molecule has 1 saturated heterocycles. The number of carboxylic acid groups (broad SMARTS) is 1. The Morgan fingerprint density at radius 3 is 2.84 bits per heavy atom. The van der Waals surface area contributed by atoms with Gasteiger partial charge in [0.25, 0.3) is 5.91 Å². The van der Waals surface area contributed by atoms with Crippen molar-refractivity contribution in [1.82, 2.24) is 15.2 Å². The second-order valence-corrected chi connectivity index (χ2v) is 4.26. The second-order valence-electron chi connectivity index (χ2n) is 4.26. The molecule has 2 rings (SSSR count). The summed E-state index contributed by atoms with van der Waals surface area (Å²) in [6.07, 6.45) is 0. The largest absolute Gasteiger partial charge is 0.480 e. The number of aryl methyl sites for hydroxylation is 1. The number of pyridine rings is 1. The van der Waals surface area contributed by atoms with Gasteiger partial charge in [0, 0.05) is 12.2 Å². The molecule has 19 heavy (non-hydrogen) atoms. The van der Waals surface area contributed by atoms with E-state index in [1.165, 1.54) is 6.07 Å². The molecule has 0 aliphatic carbocycles. The van der Waals surface area contributed by atoms with Gasteiger partial charge in [0.2, 0.25) is 5.91 Å². The number of nitrogens with one attached hydrogen (secondary N) is 1. The van der Waals surface area contributed by atoms with Crippen LogP contribution in [0.4, 0.5) is 0 Å². The fourth-order valence-corrected chi connectivity index (χ4v) is 1.88. The van der Waals surface area contributed by atoms with Gasteiger partial charge in [-0.25, -0.2) is 9.78 Å². The molecular formula is C12H13N3O4. The molecule has 1 aromatic heterocycles. The number of hydrogen-bond acceptors (Lipinski definition) is 4. The van der Waals surface area contributed by atoms with Gasteiger partial charge in [0.05, 0.1) is 0 Å². The van der Waals surface area contributed by atoms with Gasteiger partial charge >= 0.3 is 5.97 Å². The van der Waals surface area contributed by atoms with Crippen molar-refractivity contribution in [3.63, 3.8) is 0 Å². The first-order valence-corrected chi connectivity index (χ1v) is 5.73. The van der Waals surface area contributed by atoms with E-state index in [2.05, 4.69) is 10.3 Å². The van der Waals surface area contributed by atoms with Crippen LogP contribution in [-0.4, -0.2) is 51.9 Å². The van der Waals surface area contributed by atoms with Crippen LogP contribution in [0.1, 0.15) is 16.2 Å². The molecule has 1 aliphatic rings. The van der Waals surface area contributed by atoms with Crippen molar-refractivity contribution in [2.45, 2.75) is 13.0 Å². The van der Waals surface area contributed by atoms with Crippen molar-refractivity contribution in [3.05, 3.63) is 29.6 Å². The van der Waals surface area contributed by atoms with Crippen molar-refractivity contribution in [3.8, 4) is 0 Å². The third kappa shape index (κ3) is 2.70. The number of hydrogen-bond donors (Lipinski definition) is 2. The molecule has 2 heterocycles. The van der Waals surface area contributed by atoms with Crippen LogP contribution >= 0.6 is 0 Å². The van der Waals surface area contributed by atoms with Crippen LogP contribution in [0.2, 0.25) is 0 Å². The summed E-state index contributed by atoms with van der Waals surface area (Å²) in [5.74, 6) is -2.08. The van der Waals surface area contributed by atoms with Crippen LogP contribution in [0.5, 0.6) is 0 Å². The highest BCUT2D eigenvalue weighted by Crippen LogP contribution is 2.10. The van der Waals surface area contributed by atoms with Crippen LogP contribution < -0.4 is 5.32 Å². The number of aromatic nitrogens is 1. The molecule has 2 amide bonds. The zero-order valence-electron chi connectivity index (χ0n) is 10.3. The summed E-state index contributed by atoms with van der Waals surface area (Å²) in [7, 11) is 0. The maximum Gasteiger partial charge on any atom is 0.328 e. The first-order valence-electron chi connectivity index (χ1n) is 5.73. The number of carboxylic acids is 1. The average molecular weight is 263 g/mol. The Hall–Kier alpha value is -2.44. The molecule has 0 radical (unpaired) electrons. The minimum Gasteiger partial charge on any atom is -0.480 e. The number of rotatable bonds is 2. The molecule has 100 valence electrons. The SMILES string of the molecule is Cc1cccc(C(=O)N2CC(=O)NCC2C(=O)O)n1. The third-order valence-corrected chi connectivity index (χ3v) is 2.84. The van der Waals surface area contributed by atoms with Crippen molar-refractivity contribution in [1.29, 1.82) is 0 Å². The molecular weight excluding hydrogens is 250 g/mol. The van der Waals surface area contributed by atoms with Gasteiger partial charge < -0.3 is 15.3 Å². The molecule has 1 atom stereocenters. The summed E-state index contributed by atoms with van der Waals surface area (Å²) in [6.45, 7) is 1.37. The molecule has 0 bridgehead atoms. The van der Waals surface area contributed by atoms with E-state index in [4.69, 9.17) is 5.11 Å². The number of carbonyl (C=O) groups excluding carboxylic acids is 2. The Labute approximate surface area is 109 Å². The molecule has 7 nitrogen and oxygen atoms in total. The van der Waals surface area contributed by atoms with Crippen LogP contribution in [-0.2, 0) is 9.59 Å². The molecule has 0 saturated carbocycles. The second kappa shape index (κ2) is 5.05. The van der Waals surface area contributed by atoms with E-state index < -0.39 is 17.9 Å². The van der Waals surface area contributed by atoms with E-state index in [-0.39, 0.29) is 24.7 Å². The summed E-state index contributed by atoms with van der Waals surface area (Å²) >= 11 is 0. The summed E-state index contributed by atoms with van der Waals surface area (Å²) in [5, 5.41) is 11.5. The monoisotopic (exact) mass is 263 g/mol. The Kier molecular flexibility index (Phi) is 3.46. The third-order valence-electron chi connectivity index (χ3n) is 2.84. The number of amides is 2. The highest BCUT2D eigenvalue weighted by atomic mass is 16.4. The summed E-state index contributed by atoms with van der Waals surface area (Å²) in [5.41, 5.74) is 0.792. The molecule has 1 aliphatic heterocycles. The van der Waals surface area contributed by atoms with Gasteiger partial charge in [-0.1, -0.05) is 6.07 Å². The van der Waals surface area contributed by atoms with Gasteiger partial charge in [-0.05, 0) is 19.1 Å². The average Bonchev–Trinajstić information content (AvgIpc) is 2.37. The Morgan fingerprint density at radius 1 is 1.47 bits per heavy atom. The number of piperazine rings is 1. The summed E-state index contributed by atoms with van der Waals surface area (Å²) in [6, 6.07) is 3.83. The zero-order chi connectivity index (χ0) is 14.0. The van der Waals surface area contributed by atoms with E-state index in [9.17, 15) is 14.4 Å². The maximum absolute atomic E-state index is 12.2. The number of carbonyl (C=O) groups is 3. The lowest BCUT2D eigenvalue weighted by Gasteiger charge is -2.32. The van der Waals surface area contributed by atoms with E-state index >= 15 is 0 Å². The minimum atomic E-state index is -1.15. The minimum absolute atomic E-state index is 0.0915. The quantitative estimate of drug-likeness (QED) is 0.743. The fraction of sp³-hybridized carbons (Fsp3) is 0.333. The molecule has 0 spiro atoms. The predicted molar refractivity (Wildman–Crippen MR) is 64.4 cm³/mol. The van der Waals surface area contributed by atoms with Gasteiger partial charge in [-0.15, -0.1) is 0 Å². The van der Waals surface area contributed by atoms with E-state index in [1.54, 1.807) is 19.1 Å². The van der Waals surface area contributed by atoms with Gasteiger partial charge in [-0.3, -0.25) is 9.59 Å². The predicted octanol–water partition coefficient (Wildman–Crippen LogP) is -0.585. The molecule has 1 fully saturated rings. The summed E-state index contributed by atoms with van der Waals surface area (Å²) in [4.78, 5) is 39.7. The first-order chi connectivity index (χ1) is 8.99. The lowest BCUT2D eigenvalue weighted by Crippen LogP contribution is -2.59. The number of aliphatic carboxylic acids is 1. The van der Waals surface area contributed by atoms with E-state index in [1.807, 2.05) is 0 Å². The maximum atomic E-state index is 12.2. The standard InChI is InChI=1S/C12H13N3O4/c1-7-3-2-4-8(14-7)11(17)15-6-10(16)13-5-9(15)12(18)19/h2-4,9H,5-6H2,1H3,(H,13,16)(H,18,19). The molecule has 1 aromatic rings. The number of nitrogens with zero attached hydrogens (tertiary/aromatic N) is 2. The molecule has 2 N–H and O–H groups in total. The van der Waals surface area contributed by atoms with Gasteiger partial charge in [-0.2, -0.15) is 0 Å². The molecule has 1 unspecified atom stereocenters.